The third-order valence-electron chi connectivity index (χ3n) is 2.10. The molecule has 0 aliphatic heterocycles. The number of rotatable bonds is 6. The van der Waals surface area contributed by atoms with E-state index in [0.29, 0.717) is 30.3 Å². The average molecular weight is 221 g/mol. The summed E-state index contributed by atoms with van der Waals surface area (Å²) in [5, 5.41) is 0. The molecule has 0 radical (unpaired) electrons. The quantitative estimate of drug-likeness (QED) is 0.693. The number of carbonyl (C=O) groups excluding carboxylic acids is 1. The third kappa shape index (κ3) is 4.01. The van der Waals surface area contributed by atoms with Crippen LogP contribution in [0, 0.1) is 5.92 Å². The molecule has 1 aromatic rings. The van der Waals surface area contributed by atoms with Gasteiger partial charge in [-0.3, -0.25) is 9.78 Å². The highest BCUT2D eigenvalue weighted by atomic mass is 16.5. The number of carbonyl (C=O) groups is 1. The van der Waals surface area contributed by atoms with E-state index in [9.17, 15) is 4.79 Å². The Hall–Kier alpha value is -1.38. The van der Waals surface area contributed by atoms with Crippen LogP contribution in [-0.2, 0) is 0 Å². The monoisotopic (exact) mass is 221 g/mol. The van der Waals surface area contributed by atoms with E-state index in [1.807, 2.05) is 20.8 Å². The molecule has 0 saturated heterocycles. The number of hydrogen-bond acceptors (Lipinski definition) is 3. The van der Waals surface area contributed by atoms with Crippen LogP contribution < -0.4 is 4.74 Å². The first kappa shape index (κ1) is 12.7. The van der Waals surface area contributed by atoms with Gasteiger partial charge in [0.1, 0.15) is 5.75 Å². The lowest BCUT2D eigenvalue weighted by molar-refractivity contribution is 0.0967. The minimum absolute atomic E-state index is 0.129. The molecule has 16 heavy (non-hydrogen) atoms. The Morgan fingerprint density at radius 1 is 1.44 bits per heavy atom. The highest BCUT2D eigenvalue weighted by Crippen LogP contribution is 2.14. The van der Waals surface area contributed by atoms with Crippen molar-refractivity contribution in [2.45, 2.75) is 33.6 Å². The first-order valence-corrected chi connectivity index (χ1v) is 5.74. The summed E-state index contributed by atoms with van der Waals surface area (Å²) in [4.78, 5) is 15.8. The normalized spacial score (nSPS) is 10.5. The molecule has 0 saturated carbocycles. The van der Waals surface area contributed by atoms with Gasteiger partial charge in [-0.15, -0.1) is 0 Å². The Labute approximate surface area is 96.8 Å². The predicted octanol–water partition coefficient (Wildman–Crippen LogP) is 3.10. The van der Waals surface area contributed by atoms with Crippen LogP contribution in [0.15, 0.2) is 18.5 Å². The number of ketones is 1. The predicted molar refractivity (Wildman–Crippen MR) is 63.8 cm³/mol. The van der Waals surface area contributed by atoms with Gasteiger partial charge in [0.15, 0.2) is 5.78 Å². The van der Waals surface area contributed by atoms with Crippen molar-refractivity contribution in [1.29, 1.82) is 0 Å². The van der Waals surface area contributed by atoms with E-state index >= 15 is 0 Å². The second-order valence-corrected chi connectivity index (χ2v) is 4.28. The number of ether oxygens (including phenoxy) is 1. The van der Waals surface area contributed by atoms with Crippen molar-refractivity contribution in [2.75, 3.05) is 6.61 Å². The molecule has 88 valence electrons. The van der Waals surface area contributed by atoms with E-state index in [-0.39, 0.29) is 5.78 Å². The smallest absolute Gasteiger partial charge is 0.164 e. The summed E-state index contributed by atoms with van der Waals surface area (Å²) in [5.74, 6) is 1.17. The van der Waals surface area contributed by atoms with E-state index in [2.05, 4.69) is 4.98 Å². The van der Waals surface area contributed by atoms with Crippen LogP contribution in [0.1, 0.15) is 44.0 Å². The van der Waals surface area contributed by atoms with Crippen molar-refractivity contribution in [2.24, 2.45) is 5.92 Å². The molecule has 3 nitrogen and oxygen atoms in total. The van der Waals surface area contributed by atoms with E-state index in [0.717, 1.165) is 6.42 Å². The lowest BCUT2D eigenvalue weighted by atomic mass is 10.0. The van der Waals surface area contributed by atoms with Crippen LogP contribution in [0.5, 0.6) is 5.75 Å². The van der Waals surface area contributed by atoms with Crippen LogP contribution >= 0.6 is 0 Å². The molecule has 0 aliphatic rings. The van der Waals surface area contributed by atoms with Gasteiger partial charge in [-0.05, 0) is 18.4 Å². The largest absolute Gasteiger partial charge is 0.492 e. The molecule has 0 N–H and O–H groups in total. The Morgan fingerprint density at radius 3 is 2.81 bits per heavy atom. The fourth-order valence-electron chi connectivity index (χ4n) is 1.36. The highest BCUT2D eigenvalue weighted by Gasteiger charge is 2.09. The number of hydrogen-bond donors (Lipinski definition) is 0. The molecule has 1 rings (SSSR count). The Bertz CT molecular complexity index is 348. The minimum atomic E-state index is 0.129. The lowest BCUT2D eigenvalue weighted by Gasteiger charge is -2.07. The van der Waals surface area contributed by atoms with Crippen LogP contribution in [0.25, 0.3) is 0 Å². The van der Waals surface area contributed by atoms with Crippen molar-refractivity contribution >= 4 is 5.78 Å². The summed E-state index contributed by atoms with van der Waals surface area (Å²) in [5.41, 5.74) is 0.641. The summed E-state index contributed by atoms with van der Waals surface area (Å²) in [6.45, 7) is 6.76. The van der Waals surface area contributed by atoms with Gasteiger partial charge in [0, 0.05) is 18.2 Å². The summed E-state index contributed by atoms with van der Waals surface area (Å²) in [7, 11) is 0. The minimum Gasteiger partial charge on any atom is -0.492 e. The molecule has 1 heterocycles. The lowest BCUT2D eigenvalue weighted by Crippen LogP contribution is -2.05. The fourth-order valence-corrected chi connectivity index (χ4v) is 1.36. The summed E-state index contributed by atoms with van der Waals surface area (Å²) in [6.07, 6.45) is 4.74. The third-order valence-corrected chi connectivity index (χ3v) is 2.10. The van der Waals surface area contributed by atoms with Crippen LogP contribution in [0.2, 0.25) is 0 Å². The maximum Gasteiger partial charge on any atom is 0.164 e. The molecule has 0 unspecified atom stereocenters. The first-order valence-electron chi connectivity index (χ1n) is 5.74. The maximum atomic E-state index is 11.8. The molecular formula is C13H19NO2. The van der Waals surface area contributed by atoms with Crippen LogP contribution in [0.4, 0.5) is 0 Å². The highest BCUT2D eigenvalue weighted by molar-refractivity contribution is 5.96. The molecule has 0 amide bonds. The van der Waals surface area contributed by atoms with Crippen molar-refractivity contribution in [1.82, 2.24) is 4.98 Å². The summed E-state index contributed by atoms with van der Waals surface area (Å²) < 4.78 is 5.44. The van der Waals surface area contributed by atoms with Crippen molar-refractivity contribution in [3.05, 3.63) is 24.0 Å². The summed E-state index contributed by atoms with van der Waals surface area (Å²) >= 11 is 0. The number of aromatic nitrogens is 1. The summed E-state index contributed by atoms with van der Waals surface area (Å²) in [6, 6.07) is 1.77. The van der Waals surface area contributed by atoms with Crippen molar-refractivity contribution in [3.8, 4) is 5.75 Å². The van der Waals surface area contributed by atoms with Gasteiger partial charge in [0.25, 0.3) is 0 Å². The average Bonchev–Trinajstić information content (AvgIpc) is 2.26. The molecule has 3 heteroatoms. The number of pyridine rings is 1. The Morgan fingerprint density at radius 2 is 2.19 bits per heavy atom. The molecule has 0 spiro atoms. The molecule has 0 bridgehead atoms. The number of Topliss-reactive ketones (excluding diaryl/α,β-unsaturated/α-hetero) is 1. The second-order valence-electron chi connectivity index (χ2n) is 4.28. The van der Waals surface area contributed by atoms with Gasteiger partial charge < -0.3 is 4.74 Å². The van der Waals surface area contributed by atoms with Gasteiger partial charge in [0.2, 0.25) is 0 Å². The van der Waals surface area contributed by atoms with Gasteiger partial charge in [-0.2, -0.15) is 0 Å². The van der Waals surface area contributed by atoms with Crippen LogP contribution in [0.3, 0.4) is 0 Å². The van der Waals surface area contributed by atoms with Gasteiger partial charge in [0.05, 0.1) is 12.8 Å². The molecule has 0 fully saturated rings. The molecule has 0 aromatic carbocycles. The van der Waals surface area contributed by atoms with E-state index in [1.54, 1.807) is 18.5 Å². The SMILES string of the molecule is CCCOc1cncc(C(=O)CC(C)C)c1. The molecule has 0 aliphatic carbocycles. The standard InChI is InChI=1S/C13H19NO2/c1-4-5-16-12-7-11(8-14-9-12)13(15)6-10(2)3/h7-10H,4-6H2,1-3H3. The maximum absolute atomic E-state index is 11.8. The zero-order chi connectivity index (χ0) is 12.0. The van der Waals surface area contributed by atoms with Gasteiger partial charge in [-0.25, -0.2) is 0 Å². The zero-order valence-corrected chi connectivity index (χ0v) is 10.2. The fraction of sp³-hybridized carbons (Fsp3) is 0.538. The Balaban J connectivity index is 2.69. The van der Waals surface area contributed by atoms with Crippen LogP contribution in [-0.4, -0.2) is 17.4 Å². The molecular weight excluding hydrogens is 202 g/mol. The van der Waals surface area contributed by atoms with E-state index in [4.69, 9.17) is 4.74 Å². The van der Waals surface area contributed by atoms with Crippen molar-refractivity contribution in [3.63, 3.8) is 0 Å². The van der Waals surface area contributed by atoms with Crippen molar-refractivity contribution < 1.29 is 9.53 Å². The van der Waals surface area contributed by atoms with Gasteiger partial charge in [-0.1, -0.05) is 20.8 Å². The second kappa shape index (κ2) is 6.26. The van der Waals surface area contributed by atoms with E-state index in [1.165, 1.54) is 0 Å². The molecule has 1 aromatic heterocycles. The number of nitrogens with zero attached hydrogens (tertiary/aromatic N) is 1. The zero-order valence-electron chi connectivity index (χ0n) is 10.2. The van der Waals surface area contributed by atoms with E-state index < -0.39 is 0 Å². The first-order chi connectivity index (χ1) is 7.63. The molecule has 0 atom stereocenters. The van der Waals surface area contributed by atoms with Gasteiger partial charge >= 0.3 is 0 Å². The topological polar surface area (TPSA) is 39.2 Å². The Kier molecular flexibility index (Phi) is 4.96.